The molecule has 0 fully saturated rings. The number of benzene rings is 3. The number of nitrogens with one attached hydrogen (secondary N) is 1. The minimum absolute atomic E-state index is 0.0458. The van der Waals surface area contributed by atoms with E-state index in [4.69, 9.17) is 0 Å². The lowest BCUT2D eigenvalue weighted by Crippen LogP contribution is -2.27. The van der Waals surface area contributed by atoms with Crippen molar-refractivity contribution in [2.75, 3.05) is 10.5 Å². The first-order valence-corrected chi connectivity index (χ1v) is 13.7. The van der Waals surface area contributed by atoms with Crippen LogP contribution in [0, 0.1) is 12.7 Å². The molecule has 0 radical (unpaired) electrons. The van der Waals surface area contributed by atoms with E-state index in [0.29, 0.717) is 23.4 Å². The van der Waals surface area contributed by atoms with Crippen LogP contribution in [0.4, 0.5) is 10.1 Å². The highest BCUT2D eigenvalue weighted by Crippen LogP contribution is 2.37. The summed E-state index contributed by atoms with van der Waals surface area (Å²) in [5.74, 6) is -0.575. The number of halogens is 1. The smallest absolute Gasteiger partial charge is 0.279 e. The molecule has 0 bridgehead atoms. The molecular weight excluding hydrogens is 477 g/mol. The minimum atomic E-state index is -4.05. The van der Waals surface area contributed by atoms with Crippen molar-refractivity contribution < 1.29 is 21.2 Å². The van der Waals surface area contributed by atoms with Gasteiger partial charge >= 0.3 is 0 Å². The van der Waals surface area contributed by atoms with Gasteiger partial charge in [0, 0.05) is 12.1 Å². The number of aryl methyl sites for hydroxylation is 1. The van der Waals surface area contributed by atoms with Crippen LogP contribution >= 0.6 is 0 Å². The molecule has 3 aromatic carbocycles. The zero-order chi connectivity index (χ0) is 24.5. The highest BCUT2D eigenvalue weighted by molar-refractivity contribution is 7.92. The van der Waals surface area contributed by atoms with Gasteiger partial charge in [0.25, 0.3) is 10.0 Å². The summed E-state index contributed by atoms with van der Waals surface area (Å²) in [6, 6.07) is 18.3. The molecule has 1 heterocycles. The van der Waals surface area contributed by atoms with Crippen molar-refractivity contribution in [3.63, 3.8) is 0 Å². The van der Waals surface area contributed by atoms with Gasteiger partial charge in [-0.05, 0) is 61.4 Å². The standard InChI is InChI=1S/C24H24FN3O4S2/c1-3-33(29,30)27-21-11-7-18(8-12-21)23-16-24(19-6-4-5-17(2)15-19)28(26-23)34(31,32)22-13-9-20(25)10-14-22/h4-15,24,27H,3,16H2,1-2H3/t24-/m1/s1. The molecule has 1 atom stereocenters. The molecule has 0 amide bonds. The Morgan fingerprint density at radius 3 is 2.29 bits per heavy atom. The van der Waals surface area contributed by atoms with Gasteiger partial charge in [0.2, 0.25) is 10.0 Å². The number of hydrazone groups is 1. The molecule has 4 rings (SSSR count). The van der Waals surface area contributed by atoms with Crippen LogP contribution in [0.25, 0.3) is 0 Å². The van der Waals surface area contributed by atoms with Gasteiger partial charge in [0.15, 0.2) is 0 Å². The Bertz CT molecular complexity index is 1440. The first-order valence-electron chi connectivity index (χ1n) is 10.6. The number of hydrogen-bond donors (Lipinski definition) is 1. The molecule has 0 saturated carbocycles. The first-order chi connectivity index (χ1) is 16.1. The van der Waals surface area contributed by atoms with Gasteiger partial charge in [0.05, 0.1) is 22.4 Å². The second kappa shape index (κ2) is 9.19. The Morgan fingerprint density at radius 2 is 1.68 bits per heavy atom. The number of anilines is 1. The second-order valence-electron chi connectivity index (χ2n) is 8.00. The van der Waals surface area contributed by atoms with E-state index in [-0.39, 0.29) is 10.6 Å². The van der Waals surface area contributed by atoms with Gasteiger partial charge in [-0.15, -0.1) is 0 Å². The Hall–Kier alpha value is -3.24. The van der Waals surface area contributed by atoms with E-state index >= 15 is 0 Å². The summed E-state index contributed by atoms with van der Waals surface area (Å²) in [6.45, 7) is 3.47. The third kappa shape index (κ3) is 4.97. The summed E-state index contributed by atoms with van der Waals surface area (Å²) in [6.07, 6.45) is 0.323. The van der Waals surface area contributed by atoms with Crippen molar-refractivity contribution in [2.45, 2.75) is 31.2 Å². The van der Waals surface area contributed by atoms with Gasteiger partial charge in [-0.25, -0.2) is 12.8 Å². The molecule has 1 N–H and O–H groups in total. The predicted octanol–water partition coefficient (Wildman–Crippen LogP) is 4.44. The molecule has 1 aliphatic rings. The molecule has 10 heteroatoms. The van der Waals surface area contributed by atoms with Crippen LogP contribution in [0.15, 0.2) is 82.8 Å². The average Bonchev–Trinajstić information content (AvgIpc) is 3.26. The van der Waals surface area contributed by atoms with Gasteiger partial charge in [-0.2, -0.15) is 17.9 Å². The lowest BCUT2D eigenvalue weighted by atomic mass is 9.98. The molecule has 0 saturated heterocycles. The van der Waals surface area contributed by atoms with Crippen LogP contribution < -0.4 is 4.72 Å². The molecule has 1 aliphatic heterocycles. The van der Waals surface area contributed by atoms with Gasteiger partial charge in [-0.1, -0.05) is 42.0 Å². The third-order valence-electron chi connectivity index (χ3n) is 5.53. The van der Waals surface area contributed by atoms with E-state index in [1.165, 1.54) is 12.1 Å². The van der Waals surface area contributed by atoms with E-state index in [0.717, 1.165) is 27.7 Å². The Morgan fingerprint density at radius 1 is 1.00 bits per heavy atom. The number of hydrogen-bond acceptors (Lipinski definition) is 5. The van der Waals surface area contributed by atoms with Gasteiger partial charge < -0.3 is 0 Å². The van der Waals surface area contributed by atoms with E-state index in [1.54, 1.807) is 31.2 Å². The summed E-state index contributed by atoms with van der Waals surface area (Å²) >= 11 is 0. The minimum Gasteiger partial charge on any atom is -0.284 e. The quantitative estimate of drug-likeness (QED) is 0.518. The molecule has 0 unspecified atom stereocenters. The van der Waals surface area contributed by atoms with E-state index in [1.807, 2.05) is 31.2 Å². The van der Waals surface area contributed by atoms with Crippen LogP contribution in [0.1, 0.15) is 36.1 Å². The number of sulfonamides is 2. The predicted molar refractivity (Wildman–Crippen MR) is 130 cm³/mol. The number of rotatable bonds is 7. The lowest BCUT2D eigenvalue weighted by molar-refractivity contribution is 0.371. The van der Waals surface area contributed by atoms with Crippen molar-refractivity contribution in [3.05, 3.63) is 95.3 Å². The second-order valence-corrected chi connectivity index (χ2v) is 11.8. The molecule has 0 aromatic heterocycles. The molecule has 34 heavy (non-hydrogen) atoms. The fourth-order valence-corrected chi connectivity index (χ4v) is 5.78. The monoisotopic (exact) mass is 501 g/mol. The maximum Gasteiger partial charge on any atom is 0.279 e. The highest BCUT2D eigenvalue weighted by atomic mass is 32.2. The summed E-state index contributed by atoms with van der Waals surface area (Å²) < 4.78 is 67.5. The topological polar surface area (TPSA) is 95.9 Å². The zero-order valence-corrected chi connectivity index (χ0v) is 20.3. The maximum atomic E-state index is 13.5. The van der Waals surface area contributed by atoms with Crippen molar-refractivity contribution >= 4 is 31.4 Å². The SMILES string of the molecule is CCS(=O)(=O)Nc1ccc(C2=NN(S(=O)(=O)c3ccc(F)cc3)[C@@H](c3cccc(C)c3)C2)cc1. The van der Waals surface area contributed by atoms with Gasteiger partial charge in [0.1, 0.15) is 5.82 Å². The van der Waals surface area contributed by atoms with Crippen molar-refractivity contribution in [2.24, 2.45) is 5.10 Å². The summed E-state index contributed by atoms with van der Waals surface area (Å²) in [4.78, 5) is -0.0547. The fraction of sp³-hybridized carbons (Fsp3) is 0.208. The molecular formula is C24H24FN3O4S2. The lowest BCUT2D eigenvalue weighted by Gasteiger charge is -2.23. The molecule has 178 valence electrons. The van der Waals surface area contributed by atoms with E-state index in [9.17, 15) is 21.2 Å². The van der Waals surface area contributed by atoms with Crippen molar-refractivity contribution in [1.82, 2.24) is 4.41 Å². The van der Waals surface area contributed by atoms with Crippen molar-refractivity contribution in [3.8, 4) is 0 Å². The van der Waals surface area contributed by atoms with Crippen LogP contribution in [-0.4, -0.2) is 32.7 Å². The van der Waals surface area contributed by atoms with E-state index in [2.05, 4.69) is 9.82 Å². The largest absolute Gasteiger partial charge is 0.284 e. The molecule has 7 nitrogen and oxygen atoms in total. The Kier molecular flexibility index (Phi) is 6.46. The fourth-order valence-electron chi connectivity index (χ4n) is 3.71. The van der Waals surface area contributed by atoms with Crippen LogP contribution in [0.2, 0.25) is 0 Å². The van der Waals surface area contributed by atoms with Crippen LogP contribution in [-0.2, 0) is 20.0 Å². The zero-order valence-electron chi connectivity index (χ0n) is 18.6. The molecule has 0 aliphatic carbocycles. The average molecular weight is 502 g/mol. The van der Waals surface area contributed by atoms with Crippen LogP contribution in [0.5, 0.6) is 0 Å². The Labute approximate surface area is 199 Å². The van der Waals surface area contributed by atoms with Gasteiger partial charge in [-0.3, -0.25) is 4.72 Å². The highest BCUT2D eigenvalue weighted by Gasteiger charge is 2.37. The number of nitrogens with zero attached hydrogens (tertiary/aromatic N) is 2. The molecule has 0 spiro atoms. The summed E-state index contributed by atoms with van der Waals surface area (Å²) in [5.41, 5.74) is 3.40. The summed E-state index contributed by atoms with van der Waals surface area (Å²) in [7, 11) is -7.46. The normalized spacial score (nSPS) is 16.4. The van der Waals surface area contributed by atoms with Crippen molar-refractivity contribution in [1.29, 1.82) is 0 Å². The molecule has 3 aromatic rings. The first kappa shape index (κ1) is 23.9. The third-order valence-corrected chi connectivity index (χ3v) is 8.53. The van der Waals surface area contributed by atoms with Crippen LogP contribution in [0.3, 0.4) is 0 Å². The Balaban J connectivity index is 1.72. The summed E-state index contributed by atoms with van der Waals surface area (Å²) in [5, 5.41) is 4.47. The maximum absolute atomic E-state index is 13.5. The van der Waals surface area contributed by atoms with E-state index < -0.39 is 31.9 Å².